The number of hydrogen-bond donors (Lipinski definition) is 2. The minimum atomic E-state index is -0.294. The smallest absolute Gasteiger partial charge is 0.409 e. The summed E-state index contributed by atoms with van der Waals surface area (Å²) in [5.41, 5.74) is 0.746. The maximum atomic E-state index is 12.0. The molecule has 0 atom stereocenters. The molecule has 2 N–H and O–H groups in total. The summed E-state index contributed by atoms with van der Waals surface area (Å²) in [4.78, 5) is 37.1. The van der Waals surface area contributed by atoms with E-state index in [1.165, 1.54) is 11.8 Å². The van der Waals surface area contributed by atoms with Gasteiger partial charge in [0.25, 0.3) is 0 Å². The van der Waals surface area contributed by atoms with Crippen LogP contribution in [0.3, 0.4) is 0 Å². The van der Waals surface area contributed by atoms with Crippen LogP contribution in [0.2, 0.25) is 0 Å². The van der Waals surface area contributed by atoms with Gasteiger partial charge in [-0.1, -0.05) is 18.2 Å². The molecule has 1 aromatic rings. The van der Waals surface area contributed by atoms with Crippen molar-refractivity contribution in [3.8, 4) is 0 Å². The van der Waals surface area contributed by atoms with Crippen molar-refractivity contribution in [2.75, 3.05) is 36.5 Å². The second-order valence-electron chi connectivity index (χ2n) is 5.93. The molecule has 8 heteroatoms. The molecule has 1 heterocycles. The topological polar surface area (TPSA) is 87.7 Å². The Bertz CT molecular complexity index is 604. The molecule has 2 rings (SSSR count). The number of ether oxygens (including phenoxy) is 1. The van der Waals surface area contributed by atoms with Crippen molar-refractivity contribution in [3.63, 3.8) is 0 Å². The molecule has 0 aromatic heterocycles. The van der Waals surface area contributed by atoms with Crippen molar-refractivity contribution in [3.05, 3.63) is 30.3 Å². The van der Waals surface area contributed by atoms with Gasteiger partial charge in [-0.15, -0.1) is 11.8 Å². The average Bonchev–Trinajstić information content (AvgIpc) is 2.63. The van der Waals surface area contributed by atoms with Crippen molar-refractivity contribution < 1.29 is 19.1 Å². The van der Waals surface area contributed by atoms with Crippen molar-refractivity contribution in [1.82, 2.24) is 10.2 Å². The van der Waals surface area contributed by atoms with Gasteiger partial charge in [-0.05, 0) is 31.9 Å². The molecule has 3 amide bonds. The molecule has 1 fully saturated rings. The molecule has 0 aliphatic carbocycles. The van der Waals surface area contributed by atoms with Crippen LogP contribution in [0.4, 0.5) is 10.5 Å². The van der Waals surface area contributed by atoms with E-state index in [4.69, 9.17) is 4.74 Å². The van der Waals surface area contributed by atoms with E-state index in [-0.39, 0.29) is 35.5 Å². The highest BCUT2D eigenvalue weighted by Crippen LogP contribution is 2.12. The van der Waals surface area contributed by atoms with E-state index in [0.29, 0.717) is 32.5 Å². The molecule has 1 aliphatic rings. The van der Waals surface area contributed by atoms with Gasteiger partial charge in [-0.2, -0.15) is 0 Å². The lowest BCUT2D eigenvalue weighted by atomic mass is 10.1. The van der Waals surface area contributed by atoms with Crippen LogP contribution in [0.5, 0.6) is 0 Å². The third-order valence-electron chi connectivity index (χ3n) is 3.91. The van der Waals surface area contributed by atoms with Crippen molar-refractivity contribution in [1.29, 1.82) is 0 Å². The summed E-state index contributed by atoms with van der Waals surface area (Å²) < 4.78 is 4.97. The van der Waals surface area contributed by atoms with Crippen LogP contribution in [-0.4, -0.2) is 60.1 Å². The van der Waals surface area contributed by atoms with Crippen LogP contribution in [0, 0.1) is 0 Å². The molecule has 7 nitrogen and oxygen atoms in total. The highest BCUT2D eigenvalue weighted by atomic mass is 32.2. The van der Waals surface area contributed by atoms with Gasteiger partial charge in [-0.25, -0.2) is 4.79 Å². The monoisotopic (exact) mass is 379 g/mol. The third kappa shape index (κ3) is 6.95. The van der Waals surface area contributed by atoms with E-state index < -0.39 is 0 Å². The summed E-state index contributed by atoms with van der Waals surface area (Å²) in [5, 5.41) is 5.75. The van der Waals surface area contributed by atoms with Gasteiger partial charge in [0.2, 0.25) is 11.8 Å². The van der Waals surface area contributed by atoms with E-state index in [2.05, 4.69) is 10.6 Å². The Morgan fingerprint density at radius 2 is 1.77 bits per heavy atom. The zero-order valence-corrected chi connectivity index (χ0v) is 15.7. The zero-order valence-electron chi connectivity index (χ0n) is 14.9. The van der Waals surface area contributed by atoms with E-state index in [1.54, 1.807) is 11.8 Å². The van der Waals surface area contributed by atoms with Gasteiger partial charge in [-0.3, -0.25) is 9.59 Å². The summed E-state index contributed by atoms with van der Waals surface area (Å²) in [6, 6.07) is 9.28. The molecular formula is C18H25N3O4S. The fourth-order valence-corrected chi connectivity index (χ4v) is 3.27. The normalized spacial score (nSPS) is 14.6. The number of piperidine rings is 1. The number of nitrogens with zero attached hydrogens (tertiary/aromatic N) is 1. The number of carbonyl (C=O) groups is 3. The number of hydrogen-bond acceptors (Lipinski definition) is 5. The number of amides is 3. The number of nitrogens with one attached hydrogen (secondary N) is 2. The van der Waals surface area contributed by atoms with Crippen LogP contribution in [0.1, 0.15) is 19.8 Å². The van der Waals surface area contributed by atoms with E-state index in [0.717, 1.165) is 5.69 Å². The highest BCUT2D eigenvalue weighted by Gasteiger charge is 2.24. The summed E-state index contributed by atoms with van der Waals surface area (Å²) >= 11 is 1.28. The predicted molar refractivity (Wildman–Crippen MR) is 102 cm³/mol. The molecule has 0 saturated carbocycles. The average molecular weight is 379 g/mol. The van der Waals surface area contributed by atoms with Gasteiger partial charge in [0.15, 0.2) is 0 Å². The molecule has 0 unspecified atom stereocenters. The first-order valence-electron chi connectivity index (χ1n) is 8.72. The number of likely N-dealkylation sites (tertiary alicyclic amines) is 1. The van der Waals surface area contributed by atoms with Gasteiger partial charge < -0.3 is 20.3 Å². The molecule has 142 valence electrons. The predicted octanol–water partition coefficient (Wildman–Crippen LogP) is 2.10. The lowest BCUT2D eigenvalue weighted by Gasteiger charge is -2.31. The summed E-state index contributed by atoms with van der Waals surface area (Å²) in [5.74, 6) is 0.248. The number of anilines is 1. The number of benzene rings is 1. The van der Waals surface area contributed by atoms with Crippen molar-refractivity contribution in [2.24, 2.45) is 0 Å². The van der Waals surface area contributed by atoms with Gasteiger partial charge in [0.05, 0.1) is 18.1 Å². The van der Waals surface area contributed by atoms with Crippen LogP contribution < -0.4 is 10.6 Å². The first kappa shape index (κ1) is 20.1. The molecular weight excluding hydrogens is 354 g/mol. The summed E-state index contributed by atoms with van der Waals surface area (Å²) in [6.45, 7) is 3.31. The molecule has 1 saturated heterocycles. The number of thioether (sulfide) groups is 1. The maximum absolute atomic E-state index is 12.0. The van der Waals surface area contributed by atoms with Crippen LogP contribution in [0.25, 0.3) is 0 Å². The van der Waals surface area contributed by atoms with Gasteiger partial charge in [0.1, 0.15) is 0 Å². The zero-order chi connectivity index (χ0) is 18.8. The minimum Gasteiger partial charge on any atom is -0.450 e. The Morgan fingerprint density at radius 3 is 2.42 bits per heavy atom. The van der Waals surface area contributed by atoms with Crippen LogP contribution in [-0.2, 0) is 14.3 Å². The molecule has 1 aliphatic heterocycles. The van der Waals surface area contributed by atoms with Crippen molar-refractivity contribution >= 4 is 35.4 Å². The second-order valence-corrected chi connectivity index (χ2v) is 6.92. The first-order valence-corrected chi connectivity index (χ1v) is 9.87. The molecule has 26 heavy (non-hydrogen) atoms. The second kappa shape index (κ2) is 10.7. The van der Waals surface area contributed by atoms with Crippen LogP contribution in [0.15, 0.2) is 30.3 Å². The quantitative estimate of drug-likeness (QED) is 0.757. The lowest BCUT2D eigenvalue weighted by Crippen LogP contribution is -2.47. The lowest BCUT2D eigenvalue weighted by molar-refractivity contribution is -0.119. The van der Waals surface area contributed by atoms with Gasteiger partial charge in [0, 0.05) is 24.8 Å². The third-order valence-corrected chi connectivity index (χ3v) is 4.84. The largest absolute Gasteiger partial charge is 0.450 e. The Kier molecular flexibility index (Phi) is 8.27. The summed E-state index contributed by atoms with van der Waals surface area (Å²) in [6.07, 6.45) is 1.13. The minimum absolute atomic E-state index is 0.0620. The Balaban J connectivity index is 1.59. The highest BCUT2D eigenvalue weighted by molar-refractivity contribution is 8.00. The first-order chi connectivity index (χ1) is 12.6. The van der Waals surface area contributed by atoms with Crippen molar-refractivity contribution in [2.45, 2.75) is 25.8 Å². The number of carbonyl (C=O) groups excluding carboxylic acids is 3. The maximum Gasteiger partial charge on any atom is 0.409 e. The molecule has 0 radical (unpaired) electrons. The fraction of sp³-hybridized carbons (Fsp3) is 0.500. The molecule has 0 bridgehead atoms. The Labute approximate surface area is 157 Å². The van der Waals surface area contributed by atoms with E-state index >= 15 is 0 Å². The molecule has 0 spiro atoms. The van der Waals surface area contributed by atoms with Crippen LogP contribution >= 0.6 is 11.8 Å². The number of para-hydroxylation sites is 1. The SMILES string of the molecule is CCOC(=O)N1CCC(NC(=O)CSCC(=O)Nc2ccccc2)CC1. The Morgan fingerprint density at radius 1 is 1.12 bits per heavy atom. The Hall–Kier alpha value is -2.22. The standard InChI is InChI=1S/C18H25N3O4S/c1-2-25-18(24)21-10-8-15(9-11-21)20-17(23)13-26-12-16(22)19-14-6-4-3-5-7-14/h3-7,15H,2,8-13H2,1H3,(H,19,22)(H,20,23). The van der Waals surface area contributed by atoms with E-state index in [1.807, 2.05) is 30.3 Å². The fourth-order valence-electron chi connectivity index (χ4n) is 2.65. The summed E-state index contributed by atoms with van der Waals surface area (Å²) in [7, 11) is 0. The molecule has 1 aromatic carbocycles. The number of rotatable bonds is 7. The van der Waals surface area contributed by atoms with E-state index in [9.17, 15) is 14.4 Å². The van der Waals surface area contributed by atoms with Gasteiger partial charge >= 0.3 is 6.09 Å².